The molecule has 6 heteroatoms. The van der Waals surface area contributed by atoms with Gasteiger partial charge in [-0.1, -0.05) is 13.8 Å². The Bertz CT molecular complexity index is 818. The third-order valence-electron chi connectivity index (χ3n) is 8.97. The summed E-state index contributed by atoms with van der Waals surface area (Å²) < 4.78 is 16.8. The first-order chi connectivity index (χ1) is 13.0. The molecule has 3 N–H and O–H groups in total. The summed E-state index contributed by atoms with van der Waals surface area (Å²) in [5.41, 5.74) is -4.88. The van der Waals surface area contributed by atoms with Crippen molar-refractivity contribution in [2.75, 3.05) is 6.61 Å². The molecule has 3 fully saturated rings. The fourth-order valence-corrected chi connectivity index (χ4v) is 7.27. The number of hydrogen-bond acceptors (Lipinski definition) is 5. The standard InChI is InChI=1S/C22H29FO5/c1-12-8-16-15-5-4-13-9-14(25)10-17(26)20(13,3)21(15,23)7-6-19(16,2)22(12,28)18(27)11-24/h9-10,12,15-16,24,26,28H,4-8,11H2,1-3H3/t12-,15-,16-,19-,20?,21?,22-/m0/s1. The minimum absolute atomic E-state index is 0.0817. The number of allylic oxidation sites excluding steroid dienone is 3. The van der Waals surface area contributed by atoms with Gasteiger partial charge in [-0.05, 0) is 68.4 Å². The minimum atomic E-state index is -1.75. The summed E-state index contributed by atoms with van der Waals surface area (Å²) in [5.74, 6) is -2.20. The molecule has 0 spiro atoms. The number of alkyl halides is 1. The van der Waals surface area contributed by atoms with E-state index in [-0.39, 0.29) is 36.2 Å². The Morgan fingerprint density at radius 2 is 1.93 bits per heavy atom. The molecule has 4 rings (SSSR count). The van der Waals surface area contributed by atoms with E-state index in [1.807, 2.05) is 6.92 Å². The fourth-order valence-electron chi connectivity index (χ4n) is 7.27. The Labute approximate surface area is 164 Å². The summed E-state index contributed by atoms with van der Waals surface area (Å²) >= 11 is 0. The zero-order valence-electron chi connectivity index (χ0n) is 16.7. The van der Waals surface area contributed by atoms with Gasteiger partial charge in [0.1, 0.15) is 23.6 Å². The van der Waals surface area contributed by atoms with Crippen LogP contribution >= 0.6 is 0 Å². The third-order valence-corrected chi connectivity index (χ3v) is 8.97. The maximum Gasteiger partial charge on any atom is 0.190 e. The molecule has 0 aliphatic heterocycles. The number of hydrogen-bond donors (Lipinski definition) is 3. The summed E-state index contributed by atoms with van der Waals surface area (Å²) in [7, 11) is 0. The number of rotatable bonds is 2. The predicted octanol–water partition coefficient (Wildman–Crippen LogP) is 2.81. The number of ketones is 2. The van der Waals surface area contributed by atoms with Gasteiger partial charge in [-0.15, -0.1) is 0 Å². The van der Waals surface area contributed by atoms with Crippen LogP contribution in [0.15, 0.2) is 23.5 Å². The lowest BCUT2D eigenvalue weighted by Crippen LogP contribution is -2.64. The summed E-state index contributed by atoms with van der Waals surface area (Å²) in [6, 6.07) is 0. The largest absolute Gasteiger partial charge is 0.511 e. The number of aliphatic hydroxyl groups is 3. The van der Waals surface area contributed by atoms with Crippen LogP contribution in [0.2, 0.25) is 0 Å². The number of Topliss-reactive ketones (excluding diaryl/α,β-unsaturated/α-hetero) is 1. The minimum Gasteiger partial charge on any atom is -0.511 e. The Kier molecular flexibility index (Phi) is 4.07. The van der Waals surface area contributed by atoms with Gasteiger partial charge in [0, 0.05) is 11.5 Å². The average Bonchev–Trinajstić information content (AvgIpc) is 2.85. The van der Waals surface area contributed by atoms with Gasteiger partial charge in [-0.25, -0.2) is 4.39 Å². The van der Waals surface area contributed by atoms with E-state index in [9.17, 15) is 24.9 Å². The van der Waals surface area contributed by atoms with Crippen LogP contribution in [0.3, 0.4) is 0 Å². The maximum absolute atomic E-state index is 16.8. The Morgan fingerprint density at radius 1 is 1.25 bits per heavy atom. The van der Waals surface area contributed by atoms with Crippen LogP contribution in [0, 0.1) is 28.6 Å². The number of carbonyl (C=O) groups excluding carboxylic acids is 2. The summed E-state index contributed by atoms with van der Waals surface area (Å²) in [6.45, 7) is 4.59. The van der Waals surface area contributed by atoms with Gasteiger partial charge in [0.2, 0.25) is 0 Å². The van der Waals surface area contributed by atoms with E-state index < -0.39 is 40.4 Å². The third kappa shape index (κ3) is 1.98. The van der Waals surface area contributed by atoms with Gasteiger partial charge in [-0.2, -0.15) is 0 Å². The number of halogens is 1. The number of carbonyl (C=O) groups is 2. The van der Waals surface area contributed by atoms with Gasteiger partial charge >= 0.3 is 0 Å². The van der Waals surface area contributed by atoms with Crippen molar-refractivity contribution in [1.29, 1.82) is 0 Å². The highest BCUT2D eigenvalue weighted by Crippen LogP contribution is 2.71. The molecular weight excluding hydrogens is 363 g/mol. The average molecular weight is 392 g/mol. The van der Waals surface area contributed by atoms with Crippen molar-refractivity contribution >= 4 is 11.6 Å². The van der Waals surface area contributed by atoms with Crippen molar-refractivity contribution in [2.24, 2.45) is 28.6 Å². The van der Waals surface area contributed by atoms with Crippen molar-refractivity contribution in [3.8, 4) is 0 Å². The zero-order chi connectivity index (χ0) is 20.7. The quantitative estimate of drug-likeness (QED) is 0.672. The van der Waals surface area contributed by atoms with Crippen LogP contribution < -0.4 is 0 Å². The topological polar surface area (TPSA) is 94.8 Å². The summed E-state index contributed by atoms with van der Waals surface area (Å²) in [5, 5.41) is 31.5. The zero-order valence-corrected chi connectivity index (χ0v) is 16.7. The SMILES string of the molecule is C[C@H]1C[C@H]2[C@@H]3CCC4=CC(=O)C=C(O)C4(C)C3(F)CC[C@]2(C)[C@@]1(O)C(=O)CO. The molecule has 0 heterocycles. The molecule has 0 aromatic rings. The molecule has 2 unspecified atom stereocenters. The van der Waals surface area contributed by atoms with E-state index in [2.05, 4.69) is 0 Å². The van der Waals surface area contributed by atoms with E-state index in [0.29, 0.717) is 24.8 Å². The first-order valence-corrected chi connectivity index (χ1v) is 10.2. The second kappa shape index (κ2) is 5.76. The van der Waals surface area contributed by atoms with E-state index in [0.717, 1.165) is 6.08 Å². The van der Waals surface area contributed by atoms with Crippen LogP contribution in [0.5, 0.6) is 0 Å². The van der Waals surface area contributed by atoms with Crippen molar-refractivity contribution in [1.82, 2.24) is 0 Å². The van der Waals surface area contributed by atoms with Crippen LogP contribution in [0.25, 0.3) is 0 Å². The lowest BCUT2D eigenvalue weighted by Gasteiger charge is -2.61. The molecule has 0 aromatic heterocycles. The lowest BCUT2D eigenvalue weighted by molar-refractivity contribution is -0.186. The van der Waals surface area contributed by atoms with Crippen LogP contribution in [0.4, 0.5) is 4.39 Å². The normalized spacial score (nSPS) is 50.2. The highest BCUT2D eigenvalue weighted by Gasteiger charge is 2.73. The Morgan fingerprint density at radius 3 is 2.57 bits per heavy atom. The van der Waals surface area contributed by atoms with Crippen molar-refractivity contribution in [2.45, 2.75) is 64.1 Å². The monoisotopic (exact) mass is 392 g/mol. The van der Waals surface area contributed by atoms with Crippen molar-refractivity contribution in [3.05, 3.63) is 23.5 Å². The predicted molar refractivity (Wildman–Crippen MR) is 100 cm³/mol. The van der Waals surface area contributed by atoms with Crippen molar-refractivity contribution in [3.63, 3.8) is 0 Å². The van der Waals surface area contributed by atoms with Gasteiger partial charge in [0.25, 0.3) is 0 Å². The molecule has 0 amide bonds. The smallest absolute Gasteiger partial charge is 0.190 e. The van der Waals surface area contributed by atoms with Gasteiger partial charge < -0.3 is 15.3 Å². The molecule has 7 atom stereocenters. The van der Waals surface area contributed by atoms with Gasteiger partial charge in [0.05, 0.1) is 5.41 Å². The van der Waals surface area contributed by atoms with E-state index in [4.69, 9.17) is 0 Å². The first-order valence-electron chi connectivity index (χ1n) is 10.2. The lowest BCUT2D eigenvalue weighted by atomic mass is 9.45. The van der Waals surface area contributed by atoms with Crippen LogP contribution in [-0.2, 0) is 9.59 Å². The van der Waals surface area contributed by atoms with Crippen LogP contribution in [-0.4, -0.2) is 44.8 Å². The molecule has 3 saturated carbocycles. The molecule has 4 aliphatic rings. The highest BCUT2D eigenvalue weighted by molar-refractivity contribution is 6.01. The van der Waals surface area contributed by atoms with E-state index in [1.54, 1.807) is 13.8 Å². The second-order valence-electron chi connectivity index (χ2n) is 9.74. The molecule has 0 saturated heterocycles. The molecule has 5 nitrogen and oxygen atoms in total. The maximum atomic E-state index is 16.8. The van der Waals surface area contributed by atoms with Gasteiger partial charge in [-0.3, -0.25) is 9.59 Å². The number of fused-ring (bicyclic) bond motifs is 5. The molecule has 154 valence electrons. The van der Waals surface area contributed by atoms with E-state index in [1.165, 1.54) is 6.08 Å². The van der Waals surface area contributed by atoms with Gasteiger partial charge in [0.15, 0.2) is 11.6 Å². The molecule has 4 aliphatic carbocycles. The summed E-state index contributed by atoms with van der Waals surface area (Å²) in [6.07, 6.45) is 4.43. The Balaban J connectivity index is 1.81. The highest BCUT2D eigenvalue weighted by atomic mass is 19.1. The molecule has 0 bridgehead atoms. The number of aliphatic hydroxyl groups excluding tert-OH is 2. The summed E-state index contributed by atoms with van der Waals surface area (Å²) in [4.78, 5) is 24.4. The van der Waals surface area contributed by atoms with Crippen molar-refractivity contribution < 1.29 is 29.3 Å². The molecule has 28 heavy (non-hydrogen) atoms. The fraction of sp³-hybridized carbons (Fsp3) is 0.727. The molecular formula is C22H29FO5. The molecule has 0 aromatic carbocycles. The van der Waals surface area contributed by atoms with E-state index >= 15 is 4.39 Å². The first kappa shape index (κ1) is 19.8. The molecule has 0 radical (unpaired) electrons. The second-order valence-corrected chi connectivity index (χ2v) is 9.74. The Hall–Kier alpha value is -1.53. The van der Waals surface area contributed by atoms with Crippen LogP contribution in [0.1, 0.15) is 52.9 Å².